The van der Waals surface area contributed by atoms with Crippen LogP contribution < -0.4 is 5.32 Å². The van der Waals surface area contributed by atoms with E-state index in [9.17, 15) is 9.59 Å². The van der Waals surface area contributed by atoms with Crippen LogP contribution in [0, 0.1) is 11.8 Å². The zero-order valence-corrected chi connectivity index (χ0v) is 9.04. The Bertz CT molecular complexity index is 380. The van der Waals surface area contributed by atoms with Crippen molar-refractivity contribution in [2.45, 2.75) is 13.8 Å². The molecule has 0 aliphatic rings. The van der Waals surface area contributed by atoms with E-state index in [1.165, 1.54) is 19.3 Å². The minimum absolute atomic E-state index is 0.178. The van der Waals surface area contributed by atoms with Gasteiger partial charge in [-0.1, -0.05) is 13.8 Å². The Labute approximate surface area is 92.7 Å². The SMILES string of the molecule is CC(C(=O)O)C(C)C(=O)Nc1ncccn1. The molecule has 1 aromatic rings. The average molecular weight is 223 g/mol. The third kappa shape index (κ3) is 3.01. The van der Waals surface area contributed by atoms with Crippen molar-refractivity contribution in [3.05, 3.63) is 18.5 Å². The summed E-state index contributed by atoms with van der Waals surface area (Å²) >= 11 is 0. The molecule has 6 heteroatoms. The number of nitrogens with one attached hydrogen (secondary N) is 1. The van der Waals surface area contributed by atoms with Gasteiger partial charge in [-0.3, -0.25) is 14.9 Å². The molecule has 0 saturated heterocycles. The summed E-state index contributed by atoms with van der Waals surface area (Å²) in [5, 5.41) is 11.2. The average Bonchev–Trinajstić information content (AvgIpc) is 2.28. The van der Waals surface area contributed by atoms with Crippen molar-refractivity contribution >= 4 is 17.8 Å². The third-order valence-corrected chi connectivity index (χ3v) is 2.35. The van der Waals surface area contributed by atoms with E-state index in [-0.39, 0.29) is 5.95 Å². The molecule has 0 bridgehead atoms. The number of carboxylic acid groups (broad SMARTS) is 1. The van der Waals surface area contributed by atoms with Crippen LogP contribution in [0.1, 0.15) is 13.8 Å². The van der Waals surface area contributed by atoms with Gasteiger partial charge in [-0.15, -0.1) is 0 Å². The van der Waals surface area contributed by atoms with Crippen molar-refractivity contribution in [2.75, 3.05) is 5.32 Å². The molecular weight excluding hydrogens is 210 g/mol. The molecule has 0 aliphatic heterocycles. The minimum Gasteiger partial charge on any atom is -0.481 e. The van der Waals surface area contributed by atoms with Crippen LogP contribution in [0.25, 0.3) is 0 Å². The van der Waals surface area contributed by atoms with Gasteiger partial charge in [0.05, 0.1) is 5.92 Å². The van der Waals surface area contributed by atoms with Gasteiger partial charge in [-0.25, -0.2) is 9.97 Å². The molecule has 0 radical (unpaired) electrons. The maximum absolute atomic E-state index is 11.6. The Kier molecular flexibility index (Phi) is 3.93. The van der Waals surface area contributed by atoms with Crippen LogP contribution in [0.5, 0.6) is 0 Å². The van der Waals surface area contributed by atoms with E-state index in [0.717, 1.165) is 0 Å². The maximum Gasteiger partial charge on any atom is 0.307 e. The smallest absolute Gasteiger partial charge is 0.307 e. The predicted octanol–water partition coefficient (Wildman–Crippen LogP) is 0.772. The van der Waals surface area contributed by atoms with Gasteiger partial charge in [0.1, 0.15) is 0 Å². The van der Waals surface area contributed by atoms with E-state index in [2.05, 4.69) is 15.3 Å². The summed E-state index contributed by atoms with van der Waals surface area (Å²) in [5.41, 5.74) is 0. The fraction of sp³-hybridized carbons (Fsp3) is 0.400. The van der Waals surface area contributed by atoms with E-state index < -0.39 is 23.7 Å². The molecule has 16 heavy (non-hydrogen) atoms. The lowest BCUT2D eigenvalue weighted by molar-refractivity contribution is -0.145. The van der Waals surface area contributed by atoms with Gasteiger partial charge >= 0.3 is 5.97 Å². The number of aliphatic carboxylic acids is 1. The molecule has 1 aromatic heterocycles. The molecule has 0 aromatic carbocycles. The van der Waals surface area contributed by atoms with E-state index in [1.54, 1.807) is 13.0 Å². The summed E-state index contributed by atoms with van der Waals surface area (Å²) in [6.45, 7) is 3.04. The van der Waals surface area contributed by atoms with Crippen LogP contribution in [0.15, 0.2) is 18.5 Å². The number of carbonyl (C=O) groups excluding carboxylic acids is 1. The van der Waals surface area contributed by atoms with Crippen LogP contribution in [0.3, 0.4) is 0 Å². The van der Waals surface area contributed by atoms with Gasteiger partial charge in [-0.2, -0.15) is 0 Å². The number of carboxylic acids is 1. The lowest BCUT2D eigenvalue weighted by Crippen LogP contribution is -2.30. The Morgan fingerprint density at radius 2 is 1.81 bits per heavy atom. The molecule has 2 N–H and O–H groups in total. The van der Waals surface area contributed by atoms with Crippen LogP contribution in [-0.2, 0) is 9.59 Å². The fourth-order valence-electron chi connectivity index (χ4n) is 1.03. The van der Waals surface area contributed by atoms with Gasteiger partial charge in [0.25, 0.3) is 0 Å². The zero-order valence-electron chi connectivity index (χ0n) is 9.04. The largest absolute Gasteiger partial charge is 0.481 e. The summed E-state index contributed by atoms with van der Waals surface area (Å²) < 4.78 is 0. The Hall–Kier alpha value is -1.98. The van der Waals surface area contributed by atoms with Crippen LogP contribution in [0.2, 0.25) is 0 Å². The second-order valence-electron chi connectivity index (χ2n) is 3.48. The van der Waals surface area contributed by atoms with Crippen molar-refractivity contribution in [1.29, 1.82) is 0 Å². The van der Waals surface area contributed by atoms with Crippen LogP contribution in [-0.4, -0.2) is 27.0 Å². The second kappa shape index (κ2) is 5.20. The molecule has 0 fully saturated rings. The first-order valence-corrected chi connectivity index (χ1v) is 4.83. The maximum atomic E-state index is 11.6. The highest BCUT2D eigenvalue weighted by atomic mass is 16.4. The molecule has 1 rings (SSSR count). The zero-order chi connectivity index (χ0) is 12.1. The fourth-order valence-corrected chi connectivity index (χ4v) is 1.03. The number of amides is 1. The monoisotopic (exact) mass is 223 g/mol. The van der Waals surface area contributed by atoms with Crippen molar-refractivity contribution in [3.8, 4) is 0 Å². The summed E-state index contributed by atoms with van der Waals surface area (Å²) in [6.07, 6.45) is 2.99. The number of anilines is 1. The van der Waals surface area contributed by atoms with E-state index in [0.29, 0.717) is 0 Å². The Morgan fingerprint density at radius 1 is 1.25 bits per heavy atom. The highest BCUT2D eigenvalue weighted by molar-refractivity contribution is 5.93. The lowest BCUT2D eigenvalue weighted by Gasteiger charge is -2.14. The molecule has 1 amide bonds. The normalized spacial score (nSPS) is 13.9. The van der Waals surface area contributed by atoms with Crippen LogP contribution in [0.4, 0.5) is 5.95 Å². The quantitative estimate of drug-likeness (QED) is 0.786. The number of aromatic nitrogens is 2. The molecule has 2 atom stereocenters. The van der Waals surface area contributed by atoms with E-state index in [4.69, 9.17) is 5.11 Å². The van der Waals surface area contributed by atoms with Gasteiger partial charge in [0, 0.05) is 18.3 Å². The third-order valence-electron chi connectivity index (χ3n) is 2.35. The molecule has 86 valence electrons. The van der Waals surface area contributed by atoms with Crippen molar-refractivity contribution < 1.29 is 14.7 Å². The summed E-state index contributed by atoms with van der Waals surface area (Å²) in [6, 6.07) is 1.62. The van der Waals surface area contributed by atoms with Gasteiger partial charge in [0.15, 0.2) is 0 Å². The number of hydrogen-bond acceptors (Lipinski definition) is 4. The van der Waals surface area contributed by atoms with Crippen molar-refractivity contribution in [1.82, 2.24) is 9.97 Å². The summed E-state index contributed by atoms with van der Waals surface area (Å²) in [4.78, 5) is 29.9. The Balaban J connectivity index is 2.63. The molecule has 0 spiro atoms. The second-order valence-corrected chi connectivity index (χ2v) is 3.48. The number of rotatable bonds is 4. The molecule has 0 saturated carbocycles. The molecule has 2 unspecified atom stereocenters. The minimum atomic E-state index is -1.00. The molecule has 0 aliphatic carbocycles. The lowest BCUT2D eigenvalue weighted by atomic mass is 9.95. The van der Waals surface area contributed by atoms with E-state index in [1.807, 2.05) is 0 Å². The van der Waals surface area contributed by atoms with E-state index >= 15 is 0 Å². The number of carbonyl (C=O) groups is 2. The van der Waals surface area contributed by atoms with Crippen molar-refractivity contribution in [3.63, 3.8) is 0 Å². The highest BCUT2D eigenvalue weighted by Crippen LogP contribution is 2.12. The first-order valence-electron chi connectivity index (χ1n) is 4.83. The molecule has 6 nitrogen and oxygen atoms in total. The predicted molar refractivity (Wildman–Crippen MR) is 56.6 cm³/mol. The number of nitrogens with zero attached hydrogens (tertiary/aromatic N) is 2. The summed E-state index contributed by atoms with van der Waals surface area (Å²) in [5.74, 6) is -2.61. The first kappa shape index (κ1) is 12.1. The first-order chi connectivity index (χ1) is 7.52. The van der Waals surface area contributed by atoms with Crippen molar-refractivity contribution in [2.24, 2.45) is 11.8 Å². The van der Waals surface area contributed by atoms with Gasteiger partial charge in [-0.05, 0) is 6.07 Å². The van der Waals surface area contributed by atoms with Gasteiger partial charge < -0.3 is 5.11 Å². The van der Waals surface area contributed by atoms with Crippen LogP contribution >= 0.6 is 0 Å². The topological polar surface area (TPSA) is 92.2 Å². The Morgan fingerprint density at radius 3 is 2.31 bits per heavy atom. The number of hydrogen-bond donors (Lipinski definition) is 2. The molecule has 1 heterocycles. The standard InChI is InChI=1S/C10H13N3O3/c1-6(7(2)9(15)16)8(14)13-10-11-4-3-5-12-10/h3-7H,1-2H3,(H,15,16)(H,11,12,13,14). The summed E-state index contributed by atoms with van der Waals surface area (Å²) in [7, 11) is 0. The highest BCUT2D eigenvalue weighted by Gasteiger charge is 2.26. The molecular formula is C10H13N3O3. The van der Waals surface area contributed by atoms with Gasteiger partial charge in [0.2, 0.25) is 11.9 Å².